The molecule has 2 nitrogen and oxygen atoms in total. The highest BCUT2D eigenvalue weighted by molar-refractivity contribution is 5.69. The number of anilines is 1. The largest absolute Gasteiger partial charge is 0.362 e. The monoisotopic (exact) mass is 203 g/mol. The zero-order valence-electron chi connectivity index (χ0n) is 9.15. The third-order valence-corrected chi connectivity index (χ3v) is 3.03. The van der Waals surface area contributed by atoms with Crippen LogP contribution in [0.2, 0.25) is 0 Å². The molecule has 0 aliphatic carbocycles. The molecule has 80 valence electrons. The second kappa shape index (κ2) is 4.47. The molecule has 1 aliphatic rings. The molecule has 2 heteroatoms. The van der Waals surface area contributed by atoms with Gasteiger partial charge in [0, 0.05) is 12.2 Å². The molecule has 0 amide bonds. The van der Waals surface area contributed by atoms with Gasteiger partial charge in [0.2, 0.25) is 0 Å². The van der Waals surface area contributed by atoms with Gasteiger partial charge in [-0.3, -0.25) is 0 Å². The van der Waals surface area contributed by atoms with Crippen LogP contribution in [0.3, 0.4) is 0 Å². The van der Waals surface area contributed by atoms with E-state index in [2.05, 4.69) is 36.1 Å². The van der Waals surface area contributed by atoms with E-state index in [1.54, 1.807) is 0 Å². The second-order valence-corrected chi connectivity index (χ2v) is 4.06. The van der Waals surface area contributed by atoms with Crippen LogP contribution < -0.4 is 4.90 Å². The second-order valence-electron chi connectivity index (χ2n) is 4.06. The average molecular weight is 203 g/mol. The van der Waals surface area contributed by atoms with Crippen molar-refractivity contribution in [3.8, 4) is 0 Å². The summed E-state index contributed by atoms with van der Waals surface area (Å²) in [6.07, 6.45) is 4.16. The van der Waals surface area contributed by atoms with Crippen LogP contribution in [-0.4, -0.2) is 18.9 Å². The third kappa shape index (κ3) is 1.89. The zero-order valence-corrected chi connectivity index (χ0v) is 9.15. The fourth-order valence-corrected chi connectivity index (χ4v) is 2.31. The Kier molecular flexibility index (Phi) is 3.05. The number of aryl methyl sites for hydroxylation is 1. The van der Waals surface area contributed by atoms with Crippen molar-refractivity contribution in [1.29, 1.82) is 0 Å². The Bertz CT molecular complexity index is 348. The summed E-state index contributed by atoms with van der Waals surface area (Å²) in [7, 11) is 0. The number of aldehydes is 1. The average Bonchev–Trinajstić information content (AvgIpc) is 2.30. The Morgan fingerprint density at radius 2 is 2.27 bits per heavy atom. The molecule has 0 N–H and O–H groups in total. The molecule has 1 unspecified atom stereocenters. The molecule has 0 aromatic heterocycles. The highest BCUT2D eigenvalue weighted by atomic mass is 16.1. The van der Waals surface area contributed by atoms with Gasteiger partial charge in [0.15, 0.2) is 0 Å². The number of fused-ring (bicyclic) bond motifs is 1. The van der Waals surface area contributed by atoms with E-state index in [4.69, 9.17) is 0 Å². The summed E-state index contributed by atoms with van der Waals surface area (Å²) in [4.78, 5) is 13.3. The van der Waals surface area contributed by atoms with Gasteiger partial charge in [-0.1, -0.05) is 25.1 Å². The number of nitrogens with zero attached hydrogens (tertiary/aromatic N) is 1. The summed E-state index contributed by atoms with van der Waals surface area (Å²) < 4.78 is 0. The number of carbonyl (C=O) groups excluding carboxylic acids is 1. The quantitative estimate of drug-likeness (QED) is 0.703. The molecule has 0 saturated carbocycles. The molecular formula is C13H17NO. The van der Waals surface area contributed by atoms with Gasteiger partial charge in [0.1, 0.15) is 6.29 Å². The lowest BCUT2D eigenvalue weighted by Gasteiger charge is -2.35. The van der Waals surface area contributed by atoms with Crippen molar-refractivity contribution in [2.24, 2.45) is 0 Å². The number of para-hydroxylation sites is 1. The topological polar surface area (TPSA) is 20.3 Å². The molecule has 1 aromatic rings. The van der Waals surface area contributed by atoms with Crippen molar-refractivity contribution in [2.45, 2.75) is 32.2 Å². The lowest BCUT2D eigenvalue weighted by molar-refractivity contribution is -0.109. The summed E-state index contributed by atoms with van der Waals surface area (Å²) in [5.74, 6) is 0. The van der Waals surface area contributed by atoms with Crippen LogP contribution >= 0.6 is 0 Å². The molecule has 1 heterocycles. The Hall–Kier alpha value is -1.31. The number of carbonyl (C=O) groups is 1. The van der Waals surface area contributed by atoms with E-state index in [0.29, 0.717) is 0 Å². The SMILES string of the molecule is CCCN1c2ccccc2CCC1C=O. The van der Waals surface area contributed by atoms with Crippen molar-refractivity contribution in [3.05, 3.63) is 29.8 Å². The minimum Gasteiger partial charge on any atom is -0.362 e. The highest BCUT2D eigenvalue weighted by Crippen LogP contribution is 2.29. The first kappa shape index (κ1) is 10.2. The van der Waals surface area contributed by atoms with Crippen LogP contribution in [0, 0.1) is 0 Å². The molecule has 0 saturated heterocycles. The highest BCUT2D eigenvalue weighted by Gasteiger charge is 2.24. The first-order chi connectivity index (χ1) is 7.36. The molecule has 2 rings (SSSR count). The summed E-state index contributed by atoms with van der Waals surface area (Å²) in [5, 5.41) is 0. The van der Waals surface area contributed by atoms with E-state index in [1.165, 1.54) is 11.3 Å². The maximum atomic E-state index is 11.0. The van der Waals surface area contributed by atoms with Crippen molar-refractivity contribution >= 4 is 12.0 Å². The smallest absolute Gasteiger partial charge is 0.142 e. The van der Waals surface area contributed by atoms with Crippen LogP contribution in [-0.2, 0) is 11.2 Å². The maximum absolute atomic E-state index is 11.0. The predicted octanol–water partition coefficient (Wildman–Crippen LogP) is 2.42. The number of hydrogen-bond donors (Lipinski definition) is 0. The fourth-order valence-electron chi connectivity index (χ4n) is 2.31. The number of rotatable bonds is 3. The fraction of sp³-hybridized carbons (Fsp3) is 0.462. The summed E-state index contributed by atoms with van der Waals surface area (Å²) >= 11 is 0. The molecule has 0 fully saturated rings. The first-order valence-electron chi connectivity index (χ1n) is 5.66. The Balaban J connectivity index is 2.33. The summed E-state index contributed by atoms with van der Waals surface area (Å²) in [6.45, 7) is 3.12. The van der Waals surface area contributed by atoms with E-state index < -0.39 is 0 Å². The van der Waals surface area contributed by atoms with Gasteiger partial charge in [-0.2, -0.15) is 0 Å². The van der Waals surface area contributed by atoms with Gasteiger partial charge in [0.05, 0.1) is 6.04 Å². The van der Waals surface area contributed by atoms with Gasteiger partial charge in [0.25, 0.3) is 0 Å². The molecule has 1 atom stereocenters. The van der Waals surface area contributed by atoms with E-state index in [1.807, 2.05) is 0 Å². The van der Waals surface area contributed by atoms with Crippen molar-refractivity contribution in [3.63, 3.8) is 0 Å². The lowest BCUT2D eigenvalue weighted by atomic mass is 9.96. The van der Waals surface area contributed by atoms with Crippen LogP contribution in [0.1, 0.15) is 25.3 Å². The Morgan fingerprint density at radius 1 is 1.47 bits per heavy atom. The molecule has 1 aliphatic heterocycles. The van der Waals surface area contributed by atoms with Crippen molar-refractivity contribution in [2.75, 3.05) is 11.4 Å². The van der Waals surface area contributed by atoms with Crippen LogP contribution in [0.25, 0.3) is 0 Å². The summed E-state index contributed by atoms with van der Waals surface area (Å²) in [6, 6.07) is 8.50. The van der Waals surface area contributed by atoms with Gasteiger partial charge < -0.3 is 9.69 Å². The van der Waals surface area contributed by atoms with Gasteiger partial charge in [-0.15, -0.1) is 0 Å². The zero-order chi connectivity index (χ0) is 10.7. The molecule has 0 radical (unpaired) electrons. The predicted molar refractivity (Wildman–Crippen MR) is 62.3 cm³/mol. The van der Waals surface area contributed by atoms with E-state index in [9.17, 15) is 4.79 Å². The minimum atomic E-state index is 0.0832. The minimum absolute atomic E-state index is 0.0832. The van der Waals surface area contributed by atoms with Crippen LogP contribution in [0.15, 0.2) is 24.3 Å². The van der Waals surface area contributed by atoms with Gasteiger partial charge in [-0.05, 0) is 30.9 Å². The Labute approximate surface area is 90.9 Å². The summed E-state index contributed by atoms with van der Waals surface area (Å²) in [5.41, 5.74) is 2.63. The van der Waals surface area contributed by atoms with Crippen LogP contribution in [0.4, 0.5) is 5.69 Å². The maximum Gasteiger partial charge on any atom is 0.142 e. The standard InChI is InChI=1S/C13H17NO/c1-2-9-14-12(10-15)8-7-11-5-3-4-6-13(11)14/h3-6,10,12H,2,7-9H2,1H3. The molecule has 15 heavy (non-hydrogen) atoms. The van der Waals surface area contributed by atoms with E-state index >= 15 is 0 Å². The van der Waals surface area contributed by atoms with Gasteiger partial charge >= 0.3 is 0 Å². The van der Waals surface area contributed by atoms with Gasteiger partial charge in [-0.25, -0.2) is 0 Å². The number of benzene rings is 1. The molecular weight excluding hydrogens is 186 g/mol. The lowest BCUT2D eigenvalue weighted by Crippen LogP contribution is -2.40. The van der Waals surface area contributed by atoms with Crippen molar-refractivity contribution in [1.82, 2.24) is 0 Å². The van der Waals surface area contributed by atoms with E-state index in [0.717, 1.165) is 32.1 Å². The first-order valence-corrected chi connectivity index (χ1v) is 5.66. The number of hydrogen-bond acceptors (Lipinski definition) is 2. The normalized spacial score (nSPS) is 19.8. The van der Waals surface area contributed by atoms with E-state index in [-0.39, 0.29) is 6.04 Å². The Morgan fingerprint density at radius 3 is 3.00 bits per heavy atom. The third-order valence-electron chi connectivity index (χ3n) is 3.03. The molecule has 0 bridgehead atoms. The van der Waals surface area contributed by atoms with Crippen LogP contribution in [0.5, 0.6) is 0 Å². The molecule has 0 spiro atoms. The van der Waals surface area contributed by atoms with Crippen molar-refractivity contribution < 1.29 is 4.79 Å². The molecule has 1 aromatic carbocycles.